The van der Waals surface area contributed by atoms with E-state index in [0.717, 1.165) is 12.0 Å². The van der Waals surface area contributed by atoms with Crippen LogP contribution in [0.15, 0.2) is 47.5 Å². The van der Waals surface area contributed by atoms with Crippen molar-refractivity contribution in [2.45, 2.75) is 24.7 Å². The van der Waals surface area contributed by atoms with Crippen molar-refractivity contribution in [2.24, 2.45) is 5.14 Å². The molecule has 7 nitrogen and oxygen atoms in total. The number of amides is 1. The van der Waals surface area contributed by atoms with Gasteiger partial charge in [-0.1, -0.05) is 36.7 Å². The summed E-state index contributed by atoms with van der Waals surface area (Å²) in [6.45, 7) is 1.98. The van der Waals surface area contributed by atoms with Crippen LogP contribution < -0.4 is 15.2 Å². The fourth-order valence-electron chi connectivity index (χ4n) is 3.12. The van der Waals surface area contributed by atoms with Crippen LogP contribution in [0.4, 0.5) is 5.69 Å². The molecule has 0 aliphatic rings. The van der Waals surface area contributed by atoms with Crippen LogP contribution in [-0.4, -0.2) is 26.4 Å². The number of hydrogen-bond donors (Lipinski definition) is 2. The number of fused-ring (bicyclic) bond motifs is 1. The third kappa shape index (κ3) is 4.50. The van der Waals surface area contributed by atoms with Crippen LogP contribution in [0.1, 0.15) is 18.1 Å². The first-order chi connectivity index (χ1) is 13.7. The molecule has 29 heavy (non-hydrogen) atoms. The summed E-state index contributed by atoms with van der Waals surface area (Å²) >= 11 is 6.36. The van der Waals surface area contributed by atoms with Crippen LogP contribution in [0, 0.1) is 0 Å². The van der Waals surface area contributed by atoms with Gasteiger partial charge in [-0.15, -0.1) is 0 Å². The first-order valence-corrected chi connectivity index (χ1v) is 10.7. The van der Waals surface area contributed by atoms with Gasteiger partial charge in [0.05, 0.1) is 18.4 Å². The van der Waals surface area contributed by atoms with Crippen LogP contribution in [0.2, 0.25) is 5.02 Å². The number of aromatic nitrogens is 1. The Kier molecular flexibility index (Phi) is 6.07. The van der Waals surface area contributed by atoms with Crippen molar-refractivity contribution < 1.29 is 17.9 Å². The molecule has 0 saturated carbocycles. The van der Waals surface area contributed by atoms with E-state index in [1.165, 1.54) is 25.4 Å². The Morgan fingerprint density at radius 3 is 2.59 bits per heavy atom. The van der Waals surface area contributed by atoms with Crippen molar-refractivity contribution in [1.29, 1.82) is 0 Å². The second kappa shape index (κ2) is 8.36. The fourth-order valence-corrected chi connectivity index (χ4v) is 4.22. The molecule has 0 fully saturated rings. The molecule has 3 rings (SSSR count). The predicted molar refractivity (Wildman–Crippen MR) is 113 cm³/mol. The van der Waals surface area contributed by atoms with Gasteiger partial charge in [-0.05, 0) is 35.7 Å². The summed E-state index contributed by atoms with van der Waals surface area (Å²) in [4.78, 5) is 16.5. The summed E-state index contributed by atoms with van der Waals surface area (Å²) in [5, 5.41) is 9.41. The Morgan fingerprint density at radius 2 is 1.93 bits per heavy atom. The summed E-state index contributed by atoms with van der Waals surface area (Å²) in [7, 11) is -2.62. The molecule has 0 radical (unpaired) electrons. The second-order valence-corrected chi connectivity index (χ2v) is 8.31. The lowest BCUT2D eigenvalue weighted by Crippen LogP contribution is -2.17. The standard InChI is InChI=1S/C20H20ClN3O4S/c1-3-12-5-4-6-13(19(12)21)9-18(25)24-14-10-16-15(7-8-23-20(16)28-2)17(11-14)29(22,26)27/h4-8,10-11H,3,9H2,1-2H3,(H,24,25)(H2,22,26,27). The van der Waals surface area contributed by atoms with Crippen molar-refractivity contribution in [3.63, 3.8) is 0 Å². The number of ether oxygens (including phenoxy) is 1. The normalized spacial score (nSPS) is 11.4. The molecular weight excluding hydrogens is 414 g/mol. The Morgan fingerprint density at radius 1 is 1.21 bits per heavy atom. The fraction of sp³-hybridized carbons (Fsp3) is 0.200. The van der Waals surface area contributed by atoms with E-state index in [-0.39, 0.29) is 28.8 Å². The van der Waals surface area contributed by atoms with Crippen molar-refractivity contribution in [3.05, 3.63) is 58.7 Å². The lowest BCUT2D eigenvalue weighted by Gasteiger charge is -2.13. The summed E-state index contributed by atoms with van der Waals surface area (Å²) in [6, 6.07) is 9.98. The Hall–Kier alpha value is -2.68. The maximum Gasteiger partial charge on any atom is 0.238 e. The molecule has 2 aromatic carbocycles. The molecule has 1 heterocycles. The number of carbonyl (C=O) groups excluding carboxylic acids is 1. The molecule has 0 spiro atoms. The second-order valence-electron chi connectivity index (χ2n) is 6.40. The van der Waals surface area contributed by atoms with Crippen molar-refractivity contribution in [1.82, 2.24) is 4.98 Å². The monoisotopic (exact) mass is 433 g/mol. The van der Waals surface area contributed by atoms with E-state index in [4.69, 9.17) is 21.5 Å². The van der Waals surface area contributed by atoms with Gasteiger partial charge in [-0.2, -0.15) is 0 Å². The number of methoxy groups -OCH3 is 1. The smallest absolute Gasteiger partial charge is 0.238 e. The van der Waals surface area contributed by atoms with Crippen molar-refractivity contribution >= 4 is 44.0 Å². The van der Waals surface area contributed by atoms with E-state index in [2.05, 4.69) is 10.3 Å². The number of anilines is 1. The Balaban J connectivity index is 1.99. The molecule has 0 unspecified atom stereocenters. The lowest BCUT2D eigenvalue weighted by molar-refractivity contribution is -0.115. The summed E-state index contributed by atoms with van der Waals surface area (Å²) in [5.41, 5.74) is 1.91. The van der Waals surface area contributed by atoms with E-state index < -0.39 is 10.0 Å². The number of aryl methyl sites for hydroxylation is 1. The molecule has 0 aliphatic heterocycles. The summed E-state index contributed by atoms with van der Waals surface area (Å²) < 4.78 is 29.4. The number of pyridine rings is 1. The molecule has 1 aromatic heterocycles. The molecule has 1 amide bonds. The van der Waals surface area contributed by atoms with Gasteiger partial charge in [0, 0.05) is 27.7 Å². The third-order valence-corrected chi connectivity index (χ3v) is 5.92. The van der Waals surface area contributed by atoms with E-state index >= 15 is 0 Å². The maximum absolute atomic E-state index is 12.6. The highest BCUT2D eigenvalue weighted by molar-refractivity contribution is 7.89. The zero-order valence-corrected chi connectivity index (χ0v) is 17.5. The van der Waals surface area contributed by atoms with Crippen LogP contribution in [0.5, 0.6) is 5.88 Å². The van der Waals surface area contributed by atoms with Gasteiger partial charge in [0.25, 0.3) is 0 Å². The van der Waals surface area contributed by atoms with Gasteiger partial charge < -0.3 is 10.1 Å². The number of primary sulfonamides is 1. The van der Waals surface area contributed by atoms with Crippen LogP contribution in [0.3, 0.4) is 0 Å². The molecule has 9 heteroatoms. The average Bonchev–Trinajstić information content (AvgIpc) is 2.67. The van der Waals surface area contributed by atoms with E-state index in [1.54, 1.807) is 12.1 Å². The highest BCUT2D eigenvalue weighted by Crippen LogP contribution is 2.32. The molecular formula is C20H20ClN3O4S. The maximum atomic E-state index is 12.6. The Labute approximate surface area is 173 Å². The molecule has 0 aliphatic carbocycles. The third-order valence-electron chi connectivity index (χ3n) is 4.48. The van der Waals surface area contributed by atoms with Gasteiger partial charge in [-0.3, -0.25) is 4.79 Å². The van der Waals surface area contributed by atoms with Crippen molar-refractivity contribution in [3.8, 4) is 5.88 Å². The molecule has 0 saturated heterocycles. The first kappa shape index (κ1) is 21.0. The van der Waals surface area contributed by atoms with Gasteiger partial charge in [0.1, 0.15) is 0 Å². The topological polar surface area (TPSA) is 111 Å². The largest absolute Gasteiger partial charge is 0.481 e. The highest BCUT2D eigenvalue weighted by atomic mass is 35.5. The first-order valence-electron chi connectivity index (χ1n) is 8.80. The van der Waals surface area contributed by atoms with Gasteiger partial charge >= 0.3 is 0 Å². The van der Waals surface area contributed by atoms with E-state index in [9.17, 15) is 13.2 Å². The van der Waals surface area contributed by atoms with Gasteiger partial charge in [0.15, 0.2) is 0 Å². The Bertz CT molecular complexity index is 1200. The van der Waals surface area contributed by atoms with Crippen molar-refractivity contribution in [2.75, 3.05) is 12.4 Å². The summed E-state index contributed by atoms with van der Waals surface area (Å²) in [5.74, 6) is -0.120. The van der Waals surface area contributed by atoms with E-state index in [0.29, 0.717) is 21.4 Å². The van der Waals surface area contributed by atoms with E-state index in [1.807, 2.05) is 19.1 Å². The number of hydrogen-bond acceptors (Lipinski definition) is 5. The van der Waals surface area contributed by atoms with Crippen LogP contribution in [-0.2, 0) is 27.7 Å². The number of benzene rings is 2. The van der Waals surface area contributed by atoms with Gasteiger partial charge in [-0.25, -0.2) is 18.5 Å². The summed E-state index contributed by atoms with van der Waals surface area (Å²) in [6.07, 6.45) is 2.22. The zero-order valence-electron chi connectivity index (χ0n) is 15.9. The number of halogens is 1. The predicted octanol–water partition coefficient (Wildman–Crippen LogP) is 3.29. The lowest BCUT2D eigenvalue weighted by atomic mass is 10.1. The average molecular weight is 434 g/mol. The SMILES string of the molecule is CCc1cccc(CC(=O)Nc2cc(S(N)(=O)=O)c3ccnc(OC)c3c2)c1Cl. The number of carbonyl (C=O) groups is 1. The molecule has 3 aromatic rings. The molecule has 3 N–H and O–H groups in total. The van der Waals surface area contributed by atoms with Crippen LogP contribution in [0.25, 0.3) is 10.8 Å². The highest BCUT2D eigenvalue weighted by Gasteiger charge is 2.18. The number of nitrogens with zero attached hydrogens (tertiary/aromatic N) is 1. The quantitative estimate of drug-likeness (QED) is 0.619. The minimum atomic E-state index is -4.04. The van der Waals surface area contributed by atoms with Gasteiger partial charge in [0.2, 0.25) is 21.8 Å². The molecule has 0 bridgehead atoms. The number of nitrogens with one attached hydrogen (secondary N) is 1. The zero-order chi connectivity index (χ0) is 21.2. The number of nitrogens with two attached hydrogens (primary N) is 1. The van der Waals surface area contributed by atoms with Crippen LogP contribution >= 0.6 is 11.6 Å². The molecule has 152 valence electrons. The minimum absolute atomic E-state index is 0.0413. The number of sulfonamides is 1. The number of rotatable bonds is 6. The molecule has 0 atom stereocenters. The minimum Gasteiger partial charge on any atom is -0.481 e.